The van der Waals surface area contributed by atoms with Crippen molar-refractivity contribution in [3.05, 3.63) is 65.5 Å². The molecule has 0 aliphatic rings. The molecule has 0 spiro atoms. The van der Waals surface area contributed by atoms with Crippen molar-refractivity contribution in [2.24, 2.45) is 0 Å². The van der Waals surface area contributed by atoms with Gasteiger partial charge in [0.05, 0.1) is 23.6 Å². The Labute approximate surface area is 151 Å². The number of anilines is 1. The van der Waals surface area contributed by atoms with Crippen molar-refractivity contribution in [3.63, 3.8) is 0 Å². The SMILES string of the molecule is CS(=O)(=O)N(CC(=O)NCCc1ccccc1F)c1ccc(C#N)cc1. The van der Waals surface area contributed by atoms with Crippen molar-refractivity contribution in [3.8, 4) is 6.07 Å². The molecule has 0 atom stereocenters. The predicted octanol–water partition coefficient (Wildman–Crippen LogP) is 1.82. The van der Waals surface area contributed by atoms with Gasteiger partial charge in [0.15, 0.2) is 0 Å². The maximum atomic E-state index is 13.5. The Morgan fingerprint density at radius 2 is 1.85 bits per heavy atom. The molecule has 2 rings (SSSR count). The van der Waals surface area contributed by atoms with Gasteiger partial charge in [-0.1, -0.05) is 18.2 Å². The fourth-order valence-electron chi connectivity index (χ4n) is 2.33. The zero-order valence-corrected chi connectivity index (χ0v) is 15.0. The highest BCUT2D eigenvalue weighted by molar-refractivity contribution is 7.92. The number of amides is 1. The topological polar surface area (TPSA) is 90.3 Å². The number of benzene rings is 2. The van der Waals surface area contributed by atoms with E-state index in [1.54, 1.807) is 18.2 Å². The zero-order valence-electron chi connectivity index (χ0n) is 14.1. The fraction of sp³-hybridized carbons (Fsp3) is 0.222. The summed E-state index contributed by atoms with van der Waals surface area (Å²) in [6.45, 7) is -0.216. The average molecular weight is 375 g/mol. The molecule has 6 nitrogen and oxygen atoms in total. The number of halogens is 1. The standard InChI is InChI=1S/C18H18FN3O3S/c1-26(24,25)22(16-8-6-14(12-20)7-9-16)13-18(23)21-11-10-15-4-2-3-5-17(15)19/h2-9H,10-11,13H2,1H3,(H,21,23). The van der Waals surface area contributed by atoms with Crippen molar-refractivity contribution < 1.29 is 17.6 Å². The summed E-state index contributed by atoms with van der Waals surface area (Å²) in [4.78, 5) is 12.1. The minimum absolute atomic E-state index is 0.185. The van der Waals surface area contributed by atoms with Gasteiger partial charge in [0.1, 0.15) is 12.4 Å². The molecule has 8 heteroatoms. The number of nitriles is 1. The van der Waals surface area contributed by atoms with Crippen molar-refractivity contribution in [1.82, 2.24) is 5.32 Å². The summed E-state index contributed by atoms with van der Waals surface area (Å²) in [5.74, 6) is -0.854. The Morgan fingerprint density at radius 1 is 1.19 bits per heavy atom. The largest absolute Gasteiger partial charge is 0.354 e. The summed E-state index contributed by atoms with van der Waals surface area (Å²) in [5.41, 5.74) is 1.15. The number of hydrogen-bond donors (Lipinski definition) is 1. The number of carbonyl (C=O) groups is 1. The molecule has 2 aromatic rings. The molecule has 0 radical (unpaired) electrons. The molecule has 0 heterocycles. The van der Waals surface area contributed by atoms with E-state index in [0.29, 0.717) is 17.5 Å². The molecule has 136 valence electrons. The van der Waals surface area contributed by atoms with E-state index >= 15 is 0 Å². The summed E-state index contributed by atoms with van der Waals surface area (Å²) in [6.07, 6.45) is 1.30. The maximum Gasteiger partial charge on any atom is 0.240 e. The summed E-state index contributed by atoms with van der Waals surface area (Å²) >= 11 is 0. The number of carbonyl (C=O) groups excluding carboxylic acids is 1. The number of hydrogen-bond acceptors (Lipinski definition) is 4. The first-order chi connectivity index (χ1) is 12.3. The average Bonchev–Trinajstić information content (AvgIpc) is 2.60. The lowest BCUT2D eigenvalue weighted by Gasteiger charge is -2.22. The van der Waals surface area contributed by atoms with Crippen molar-refractivity contribution in [2.75, 3.05) is 23.7 Å². The smallest absolute Gasteiger partial charge is 0.240 e. The molecule has 0 aliphatic heterocycles. The molecule has 0 saturated heterocycles. The molecule has 1 N–H and O–H groups in total. The highest BCUT2D eigenvalue weighted by Gasteiger charge is 2.20. The molecule has 0 aliphatic carbocycles. The molecule has 0 saturated carbocycles. The van der Waals surface area contributed by atoms with Crippen molar-refractivity contribution in [2.45, 2.75) is 6.42 Å². The van der Waals surface area contributed by atoms with Crippen LogP contribution in [0.25, 0.3) is 0 Å². The Hall–Kier alpha value is -2.92. The van der Waals surface area contributed by atoms with Crippen LogP contribution in [0.3, 0.4) is 0 Å². The minimum Gasteiger partial charge on any atom is -0.354 e. The molecule has 0 bridgehead atoms. The van der Waals surface area contributed by atoms with E-state index < -0.39 is 22.5 Å². The van der Waals surface area contributed by atoms with Crippen LogP contribution < -0.4 is 9.62 Å². The van der Waals surface area contributed by atoms with E-state index in [4.69, 9.17) is 5.26 Å². The summed E-state index contributed by atoms with van der Waals surface area (Å²) in [5, 5.41) is 11.4. The summed E-state index contributed by atoms with van der Waals surface area (Å²) in [6, 6.07) is 14.1. The van der Waals surface area contributed by atoms with Gasteiger partial charge in [-0.15, -0.1) is 0 Å². The van der Waals surface area contributed by atoms with E-state index in [-0.39, 0.29) is 18.0 Å². The lowest BCUT2D eigenvalue weighted by atomic mass is 10.1. The van der Waals surface area contributed by atoms with Gasteiger partial charge < -0.3 is 5.32 Å². The first kappa shape index (κ1) is 19.4. The van der Waals surface area contributed by atoms with Gasteiger partial charge in [0, 0.05) is 6.54 Å². The Kier molecular flexibility index (Phi) is 6.31. The first-order valence-corrected chi connectivity index (χ1v) is 9.64. The lowest BCUT2D eigenvalue weighted by Crippen LogP contribution is -2.41. The van der Waals surface area contributed by atoms with Crippen LogP contribution in [0.1, 0.15) is 11.1 Å². The van der Waals surface area contributed by atoms with Gasteiger partial charge in [-0.2, -0.15) is 5.26 Å². The van der Waals surface area contributed by atoms with Crippen molar-refractivity contribution in [1.29, 1.82) is 5.26 Å². The molecular weight excluding hydrogens is 357 g/mol. The monoisotopic (exact) mass is 375 g/mol. The Bertz CT molecular complexity index is 921. The van der Waals surface area contributed by atoms with Crippen LogP contribution in [0.5, 0.6) is 0 Å². The second-order valence-electron chi connectivity index (χ2n) is 5.62. The van der Waals surface area contributed by atoms with Crippen molar-refractivity contribution >= 4 is 21.6 Å². The van der Waals surface area contributed by atoms with E-state index in [1.165, 1.54) is 30.3 Å². The summed E-state index contributed by atoms with van der Waals surface area (Å²) < 4.78 is 38.5. The van der Waals surface area contributed by atoms with Gasteiger partial charge in [-0.25, -0.2) is 12.8 Å². The van der Waals surface area contributed by atoms with Crippen LogP contribution in [0.2, 0.25) is 0 Å². The number of sulfonamides is 1. The third kappa shape index (κ3) is 5.29. The quantitative estimate of drug-likeness (QED) is 0.799. The summed E-state index contributed by atoms with van der Waals surface area (Å²) in [7, 11) is -3.69. The van der Waals surface area contributed by atoms with Gasteiger partial charge in [-0.05, 0) is 42.3 Å². The van der Waals surface area contributed by atoms with E-state index in [9.17, 15) is 17.6 Å². The zero-order chi connectivity index (χ0) is 19.2. The third-order valence-corrected chi connectivity index (χ3v) is 4.79. The minimum atomic E-state index is -3.69. The van der Waals surface area contributed by atoms with E-state index in [1.807, 2.05) is 6.07 Å². The van der Waals surface area contributed by atoms with Gasteiger partial charge >= 0.3 is 0 Å². The Morgan fingerprint density at radius 3 is 2.42 bits per heavy atom. The van der Waals surface area contributed by atoms with Gasteiger partial charge in [-0.3, -0.25) is 9.10 Å². The fourth-order valence-corrected chi connectivity index (χ4v) is 3.18. The van der Waals surface area contributed by atoms with Gasteiger partial charge in [0.2, 0.25) is 15.9 Å². The normalized spacial score (nSPS) is 10.8. The molecule has 26 heavy (non-hydrogen) atoms. The number of nitrogens with one attached hydrogen (secondary N) is 1. The first-order valence-electron chi connectivity index (χ1n) is 7.79. The van der Waals surface area contributed by atoms with E-state index in [2.05, 4.69) is 5.32 Å². The van der Waals surface area contributed by atoms with Crippen LogP contribution in [0.15, 0.2) is 48.5 Å². The van der Waals surface area contributed by atoms with Crippen LogP contribution in [-0.2, 0) is 21.2 Å². The highest BCUT2D eigenvalue weighted by Crippen LogP contribution is 2.17. The molecular formula is C18H18FN3O3S. The predicted molar refractivity (Wildman–Crippen MR) is 96.5 cm³/mol. The van der Waals surface area contributed by atoms with Crippen LogP contribution in [0, 0.1) is 17.1 Å². The second-order valence-corrected chi connectivity index (χ2v) is 7.53. The molecule has 0 unspecified atom stereocenters. The van der Waals surface area contributed by atoms with Crippen LogP contribution in [0.4, 0.5) is 10.1 Å². The van der Waals surface area contributed by atoms with Gasteiger partial charge in [0.25, 0.3) is 0 Å². The number of nitrogens with zero attached hydrogens (tertiary/aromatic N) is 2. The highest BCUT2D eigenvalue weighted by atomic mass is 32.2. The van der Waals surface area contributed by atoms with Crippen LogP contribution in [-0.4, -0.2) is 33.7 Å². The number of rotatable bonds is 7. The maximum absolute atomic E-state index is 13.5. The second kappa shape index (κ2) is 8.45. The lowest BCUT2D eigenvalue weighted by molar-refractivity contribution is -0.119. The molecule has 0 fully saturated rings. The van der Waals surface area contributed by atoms with E-state index in [0.717, 1.165) is 10.6 Å². The molecule has 0 aromatic heterocycles. The molecule has 1 amide bonds. The van der Waals surface area contributed by atoms with Crippen LogP contribution >= 0.6 is 0 Å². The Balaban J connectivity index is 2.00. The third-order valence-electron chi connectivity index (χ3n) is 3.65. The molecule has 2 aromatic carbocycles.